The highest BCUT2D eigenvalue weighted by molar-refractivity contribution is 5.92. The Hall–Kier alpha value is -1.98. The zero-order valence-electron chi connectivity index (χ0n) is 24.5. The number of hydrogen-bond acceptors (Lipinski definition) is 7. The fourth-order valence-electron chi connectivity index (χ4n) is 10.5. The molecule has 0 aromatic carbocycles. The van der Waals surface area contributed by atoms with Gasteiger partial charge < -0.3 is 41.1 Å². The highest BCUT2D eigenvalue weighted by Crippen LogP contribution is 2.77. The molecule has 10 atom stereocenters. The number of guanidine groups is 1. The van der Waals surface area contributed by atoms with Gasteiger partial charge in [-0.05, 0) is 87.0 Å². The summed E-state index contributed by atoms with van der Waals surface area (Å²) in [7, 11) is 1.68. The summed E-state index contributed by atoms with van der Waals surface area (Å²) in [6.07, 6.45) is 9.61. The van der Waals surface area contributed by atoms with Crippen LogP contribution < -0.4 is 11.1 Å². The van der Waals surface area contributed by atoms with Crippen LogP contribution in [-0.2, 0) is 9.53 Å². The van der Waals surface area contributed by atoms with Crippen LogP contribution in [0.2, 0.25) is 0 Å². The van der Waals surface area contributed by atoms with Gasteiger partial charge in [0.15, 0.2) is 5.96 Å². The van der Waals surface area contributed by atoms with Crippen molar-refractivity contribution in [1.29, 1.82) is 0 Å². The first-order chi connectivity index (χ1) is 19.6. The molecule has 3 saturated carbocycles. The molecule has 2 bridgehead atoms. The van der Waals surface area contributed by atoms with Gasteiger partial charge in [0.05, 0.1) is 30.5 Å². The lowest BCUT2D eigenvalue weighted by Crippen LogP contribution is -2.63. The molecule has 41 heavy (non-hydrogen) atoms. The molecule has 228 valence electrons. The fraction of sp³-hybridized carbons (Fsp3) is 0.806. The number of ether oxygens (including phenoxy) is 1. The van der Waals surface area contributed by atoms with Gasteiger partial charge in [-0.15, -0.1) is 0 Å². The number of nitrogens with zero attached hydrogens (tertiary/aromatic N) is 2. The van der Waals surface area contributed by atoms with E-state index in [2.05, 4.69) is 23.3 Å². The first-order valence-electron chi connectivity index (χ1n) is 15.6. The maximum absolute atomic E-state index is 13.2. The summed E-state index contributed by atoms with van der Waals surface area (Å²) < 4.78 is 6.61. The maximum atomic E-state index is 13.2. The van der Waals surface area contributed by atoms with Crippen molar-refractivity contribution in [3.8, 4) is 0 Å². The molecule has 6 aliphatic rings. The Labute approximate surface area is 242 Å². The monoisotopic (exact) mass is 572 g/mol. The minimum Gasteiger partial charge on any atom is -0.478 e. The van der Waals surface area contributed by atoms with E-state index >= 15 is 0 Å². The predicted molar refractivity (Wildman–Crippen MR) is 154 cm³/mol. The molecule has 2 heterocycles. The number of nitrogens with two attached hydrogens (primary N) is 1. The Balaban J connectivity index is 1.46. The number of aliphatic carboxylic acids is 1. The maximum Gasteiger partial charge on any atom is 0.334 e. The predicted octanol–water partition coefficient (Wildman–Crippen LogP) is 1.61. The Morgan fingerprint density at radius 1 is 1.24 bits per heavy atom. The number of carboxylic acids is 1. The Morgan fingerprint density at radius 3 is 2.76 bits per heavy atom. The topological polar surface area (TPSA) is 161 Å². The molecule has 0 aromatic heterocycles. The van der Waals surface area contributed by atoms with Crippen LogP contribution in [0.25, 0.3) is 0 Å². The summed E-state index contributed by atoms with van der Waals surface area (Å²) >= 11 is 0. The minimum absolute atomic E-state index is 0.0416. The summed E-state index contributed by atoms with van der Waals surface area (Å²) in [5.41, 5.74) is 4.91. The molecule has 4 aliphatic carbocycles. The van der Waals surface area contributed by atoms with Crippen molar-refractivity contribution in [3.05, 3.63) is 23.4 Å². The van der Waals surface area contributed by atoms with Gasteiger partial charge in [-0.1, -0.05) is 13.0 Å². The first-order valence-corrected chi connectivity index (χ1v) is 15.6. The third kappa shape index (κ3) is 4.15. The average molecular weight is 573 g/mol. The lowest BCUT2D eigenvalue weighted by molar-refractivity contribution is -0.195. The van der Waals surface area contributed by atoms with Crippen molar-refractivity contribution in [2.24, 2.45) is 45.2 Å². The highest BCUT2D eigenvalue weighted by atomic mass is 16.5. The van der Waals surface area contributed by atoms with Crippen LogP contribution in [0.15, 0.2) is 28.4 Å². The second-order valence-corrected chi connectivity index (χ2v) is 13.7. The van der Waals surface area contributed by atoms with Crippen molar-refractivity contribution in [3.63, 3.8) is 0 Å². The molecule has 10 heteroatoms. The SMILES string of the molecule is CN=C(N)N1C=CC(CNCCO)C2(C1)C1CCC(C)C23CC(O)(C2CCC4CCC(O)CC4O2)C(C(=O)O)=C3C1. The molecule has 10 nitrogen and oxygen atoms in total. The van der Waals surface area contributed by atoms with Crippen molar-refractivity contribution in [2.75, 3.05) is 33.3 Å². The molecule has 4 fully saturated rings. The van der Waals surface area contributed by atoms with E-state index in [0.29, 0.717) is 57.2 Å². The van der Waals surface area contributed by atoms with Crippen molar-refractivity contribution in [1.82, 2.24) is 10.2 Å². The second-order valence-electron chi connectivity index (χ2n) is 13.7. The Bertz CT molecular complexity index is 1140. The number of aliphatic hydroxyl groups excluding tert-OH is 2. The molecule has 2 aliphatic heterocycles. The van der Waals surface area contributed by atoms with E-state index < -0.39 is 29.2 Å². The largest absolute Gasteiger partial charge is 0.478 e. The third-order valence-corrected chi connectivity index (χ3v) is 12.2. The van der Waals surface area contributed by atoms with Crippen LogP contribution >= 0.6 is 0 Å². The minimum atomic E-state index is -1.61. The molecule has 0 amide bonds. The van der Waals surface area contributed by atoms with Crippen LogP contribution in [0.5, 0.6) is 0 Å². The quantitative estimate of drug-likeness (QED) is 0.158. The van der Waals surface area contributed by atoms with E-state index in [0.717, 1.165) is 37.7 Å². The van der Waals surface area contributed by atoms with E-state index in [1.165, 1.54) is 0 Å². The van der Waals surface area contributed by atoms with Crippen LogP contribution in [0.4, 0.5) is 0 Å². The van der Waals surface area contributed by atoms with Gasteiger partial charge in [0.25, 0.3) is 0 Å². The van der Waals surface area contributed by atoms with Gasteiger partial charge in [-0.25, -0.2) is 4.79 Å². The van der Waals surface area contributed by atoms with Crippen molar-refractivity contribution in [2.45, 2.75) is 88.6 Å². The number of fused-ring (bicyclic) bond motifs is 1. The molecule has 0 radical (unpaired) electrons. The smallest absolute Gasteiger partial charge is 0.334 e. The van der Waals surface area contributed by atoms with E-state index in [9.17, 15) is 25.2 Å². The van der Waals surface area contributed by atoms with Gasteiger partial charge in [-0.2, -0.15) is 0 Å². The fourth-order valence-corrected chi connectivity index (χ4v) is 10.5. The summed E-state index contributed by atoms with van der Waals surface area (Å²) in [5, 5.41) is 46.8. The van der Waals surface area contributed by atoms with E-state index in [1.54, 1.807) is 7.05 Å². The standard InChI is InChI=1S/C31H48N4O6/c1-18-3-6-20-13-23-26(27(38)39)31(40,25-8-5-19-4-7-22(37)14-24(19)41-25)16-29(18,23)30(20)17-35(28(32)33-2)11-9-21(30)15-34-10-12-36/h9,11,18-22,24-25,34,36-37,40H,3-8,10,12-17H2,1-2H3,(H2,32,33)(H,38,39). The first kappa shape index (κ1) is 29.1. The summed E-state index contributed by atoms with van der Waals surface area (Å²) in [6.45, 7) is 4.01. The summed E-state index contributed by atoms with van der Waals surface area (Å²) in [4.78, 5) is 19.5. The lowest BCUT2D eigenvalue weighted by Gasteiger charge is -2.61. The molecular weight excluding hydrogens is 524 g/mol. The van der Waals surface area contributed by atoms with Gasteiger partial charge in [-0.3, -0.25) is 4.99 Å². The number of rotatable bonds is 6. The zero-order chi connectivity index (χ0) is 29.2. The van der Waals surface area contributed by atoms with Crippen LogP contribution in [-0.4, -0.2) is 94.5 Å². The van der Waals surface area contributed by atoms with Gasteiger partial charge in [0.2, 0.25) is 0 Å². The van der Waals surface area contributed by atoms with E-state index in [4.69, 9.17) is 10.5 Å². The zero-order valence-corrected chi connectivity index (χ0v) is 24.5. The third-order valence-electron chi connectivity index (χ3n) is 12.2. The number of carbonyl (C=O) groups is 1. The van der Waals surface area contributed by atoms with Crippen molar-refractivity contribution >= 4 is 11.9 Å². The van der Waals surface area contributed by atoms with E-state index in [1.807, 2.05) is 11.1 Å². The van der Waals surface area contributed by atoms with Crippen LogP contribution in [0.3, 0.4) is 0 Å². The van der Waals surface area contributed by atoms with Crippen LogP contribution in [0, 0.1) is 34.5 Å². The van der Waals surface area contributed by atoms with Gasteiger partial charge in [0.1, 0.15) is 5.60 Å². The summed E-state index contributed by atoms with van der Waals surface area (Å²) in [5.74, 6) is 0.167. The number of aliphatic imine (C=N–C) groups is 1. The number of hydrogen-bond donors (Lipinski definition) is 6. The van der Waals surface area contributed by atoms with Gasteiger partial charge >= 0.3 is 5.97 Å². The van der Waals surface area contributed by atoms with Crippen molar-refractivity contribution < 1.29 is 30.0 Å². The number of aliphatic hydroxyl groups is 3. The van der Waals surface area contributed by atoms with Gasteiger partial charge in [0, 0.05) is 43.7 Å². The highest BCUT2D eigenvalue weighted by Gasteiger charge is 2.76. The average Bonchev–Trinajstić information content (AvgIpc) is 3.31. The number of nitrogens with one attached hydrogen (secondary N) is 1. The van der Waals surface area contributed by atoms with Crippen LogP contribution in [0.1, 0.15) is 64.7 Å². The second kappa shape index (κ2) is 10.6. The summed E-state index contributed by atoms with van der Waals surface area (Å²) in [6, 6.07) is 0. The number of allylic oxidation sites excluding steroid dienone is 1. The Morgan fingerprint density at radius 2 is 2.02 bits per heavy atom. The van der Waals surface area contributed by atoms with E-state index in [-0.39, 0.29) is 41.5 Å². The molecule has 7 N–H and O–H groups in total. The molecule has 1 saturated heterocycles. The normalized spacial score (nSPS) is 45.7. The molecular formula is C31H48N4O6. The molecule has 10 unspecified atom stereocenters. The number of carboxylic acid groups (broad SMARTS) is 1. The molecule has 6 rings (SSSR count). The molecule has 2 spiro atoms. The molecule has 0 aromatic rings. The lowest BCUT2D eigenvalue weighted by atomic mass is 9.45. The Kier molecular flexibility index (Phi) is 7.55.